The van der Waals surface area contributed by atoms with E-state index in [9.17, 15) is 18.0 Å². The maximum absolute atomic E-state index is 13.1. The van der Waals surface area contributed by atoms with Crippen LogP contribution in [0.25, 0.3) is 5.65 Å². The third-order valence-electron chi connectivity index (χ3n) is 5.88. The number of fused-ring (bicyclic) bond motifs is 1. The number of imidazole rings is 1. The highest BCUT2D eigenvalue weighted by atomic mass is 19.4. The molecule has 3 aromatic rings. The smallest absolute Gasteiger partial charge is 0.358 e. The van der Waals surface area contributed by atoms with Crippen LogP contribution in [0.4, 0.5) is 19.0 Å². The molecular weight excluding hydrogens is 407 g/mol. The zero-order valence-corrected chi connectivity index (χ0v) is 17.4. The molecule has 0 saturated heterocycles. The Hall–Kier alpha value is -3.10. The molecule has 1 N–H and O–H groups in total. The van der Waals surface area contributed by atoms with Crippen molar-refractivity contribution in [3.63, 3.8) is 0 Å². The quantitative estimate of drug-likeness (QED) is 0.672. The summed E-state index contributed by atoms with van der Waals surface area (Å²) < 4.78 is 40.7. The van der Waals surface area contributed by atoms with E-state index >= 15 is 0 Å². The molecule has 4 rings (SSSR count). The summed E-state index contributed by atoms with van der Waals surface area (Å²) in [6.45, 7) is 1.87. The maximum Gasteiger partial charge on any atom is 0.434 e. The Morgan fingerprint density at radius 1 is 1.16 bits per heavy atom. The molecule has 1 aliphatic rings. The summed E-state index contributed by atoms with van der Waals surface area (Å²) >= 11 is 0. The second-order valence-corrected chi connectivity index (χ2v) is 8.01. The van der Waals surface area contributed by atoms with Crippen molar-refractivity contribution < 1.29 is 18.0 Å². The normalized spacial score (nSPS) is 19.4. The van der Waals surface area contributed by atoms with E-state index in [2.05, 4.69) is 15.3 Å². The maximum atomic E-state index is 13.1. The van der Waals surface area contributed by atoms with Gasteiger partial charge >= 0.3 is 6.18 Å². The number of hydrogen-bond acceptors (Lipinski definition) is 4. The first-order chi connectivity index (χ1) is 14.7. The van der Waals surface area contributed by atoms with Crippen molar-refractivity contribution in [2.24, 2.45) is 0 Å². The number of halogens is 3. The van der Waals surface area contributed by atoms with Gasteiger partial charge in [-0.2, -0.15) is 13.2 Å². The zero-order chi connectivity index (χ0) is 22.2. The van der Waals surface area contributed by atoms with Crippen LogP contribution in [0.15, 0.2) is 42.7 Å². The van der Waals surface area contributed by atoms with Crippen molar-refractivity contribution in [1.82, 2.24) is 19.7 Å². The number of aromatic nitrogens is 3. The summed E-state index contributed by atoms with van der Waals surface area (Å²) in [6.07, 6.45) is 1.38. The van der Waals surface area contributed by atoms with Crippen LogP contribution in [0.5, 0.6) is 0 Å². The molecular formula is C22H24F3N5O. The minimum atomic E-state index is -4.48. The highest BCUT2D eigenvalue weighted by Crippen LogP contribution is 2.31. The first kappa shape index (κ1) is 21.1. The number of alkyl halides is 3. The molecule has 0 aliphatic heterocycles. The molecule has 0 atom stereocenters. The average Bonchev–Trinajstić information content (AvgIpc) is 3.19. The van der Waals surface area contributed by atoms with Gasteiger partial charge in [-0.05, 0) is 56.9 Å². The Morgan fingerprint density at radius 3 is 2.55 bits per heavy atom. The second kappa shape index (κ2) is 8.20. The molecule has 3 heterocycles. The monoisotopic (exact) mass is 431 g/mol. The third kappa shape index (κ3) is 4.50. The summed E-state index contributed by atoms with van der Waals surface area (Å²) in [5.74, 6) is 0.533. The lowest BCUT2D eigenvalue weighted by Crippen LogP contribution is -2.43. The fourth-order valence-electron chi connectivity index (χ4n) is 4.09. The Labute approximate surface area is 178 Å². The molecule has 1 amide bonds. The minimum absolute atomic E-state index is 0.0688. The molecule has 0 radical (unpaired) electrons. The summed E-state index contributed by atoms with van der Waals surface area (Å²) in [7, 11) is 1.89. The van der Waals surface area contributed by atoms with E-state index in [4.69, 9.17) is 0 Å². The van der Waals surface area contributed by atoms with E-state index in [-0.39, 0.29) is 23.6 Å². The number of hydrogen-bond donors (Lipinski definition) is 1. The molecule has 0 spiro atoms. The number of aryl methyl sites for hydroxylation is 1. The number of anilines is 1. The van der Waals surface area contributed by atoms with Crippen LogP contribution in [0.2, 0.25) is 0 Å². The molecule has 164 valence electrons. The molecule has 0 aromatic carbocycles. The number of pyridine rings is 2. The second-order valence-electron chi connectivity index (χ2n) is 8.01. The van der Waals surface area contributed by atoms with Crippen molar-refractivity contribution in [3.05, 3.63) is 59.7 Å². The van der Waals surface area contributed by atoms with Gasteiger partial charge in [0.2, 0.25) is 0 Å². The van der Waals surface area contributed by atoms with E-state index in [1.807, 2.05) is 24.9 Å². The van der Waals surface area contributed by atoms with Crippen molar-refractivity contribution in [2.75, 3.05) is 11.9 Å². The van der Waals surface area contributed by atoms with Crippen LogP contribution in [0.3, 0.4) is 0 Å². The van der Waals surface area contributed by atoms with Gasteiger partial charge in [-0.15, -0.1) is 0 Å². The molecule has 0 unspecified atom stereocenters. The van der Waals surface area contributed by atoms with Crippen LogP contribution in [-0.2, 0) is 6.18 Å². The summed E-state index contributed by atoms with van der Waals surface area (Å²) in [5, 5.41) is 3.07. The van der Waals surface area contributed by atoms with E-state index in [1.54, 1.807) is 30.5 Å². The molecule has 1 fully saturated rings. The predicted octanol–water partition coefficient (Wildman–Crippen LogP) is 4.23. The Morgan fingerprint density at radius 2 is 1.90 bits per heavy atom. The van der Waals surface area contributed by atoms with Gasteiger partial charge in [0.05, 0.1) is 5.56 Å². The van der Waals surface area contributed by atoms with Crippen LogP contribution in [-0.4, -0.2) is 39.4 Å². The third-order valence-corrected chi connectivity index (χ3v) is 5.88. The Balaban J connectivity index is 1.41. The SMILES string of the molecule is Cc1ccc(C(=O)NC2CCC(N(C)c3cccc4nc(C(F)(F)F)cn34)CC2)cn1. The van der Waals surface area contributed by atoms with Gasteiger partial charge in [0.1, 0.15) is 11.5 Å². The lowest BCUT2D eigenvalue weighted by atomic mass is 9.90. The van der Waals surface area contributed by atoms with Crippen LogP contribution >= 0.6 is 0 Å². The molecule has 6 nitrogen and oxygen atoms in total. The first-order valence-electron chi connectivity index (χ1n) is 10.2. The number of carbonyl (C=O) groups excluding carboxylic acids is 1. The highest BCUT2D eigenvalue weighted by Gasteiger charge is 2.34. The molecule has 3 aromatic heterocycles. The van der Waals surface area contributed by atoms with Gasteiger partial charge in [0.25, 0.3) is 5.91 Å². The molecule has 0 bridgehead atoms. The van der Waals surface area contributed by atoms with Gasteiger partial charge < -0.3 is 10.2 Å². The van der Waals surface area contributed by atoms with Gasteiger partial charge in [-0.3, -0.25) is 14.2 Å². The van der Waals surface area contributed by atoms with E-state index in [0.29, 0.717) is 11.4 Å². The fourth-order valence-corrected chi connectivity index (χ4v) is 4.09. The van der Waals surface area contributed by atoms with Crippen molar-refractivity contribution in [3.8, 4) is 0 Å². The Bertz CT molecular complexity index is 1070. The summed E-state index contributed by atoms with van der Waals surface area (Å²) in [5.41, 5.74) is 0.766. The zero-order valence-electron chi connectivity index (χ0n) is 17.4. The van der Waals surface area contributed by atoms with E-state index < -0.39 is 11.9 Å². The average molecular weight is 431 g/mol. The number of nitrogens with zero attached hydrogens (tertiary/aromatic N) is 4. The Kier molecular flexibility index (Phi) is 5.60. The number of rotatable bonds is 4. The molecule has 1 aliphatic carbocycles. The van der Waals surface area contributed by atoms with Crippen LogP contribution < -0.4 is 10.2 Å². The van der Waals surface area contributed by atoms with Crippen LogP contribution in [0, 0.1) is 6.92 Å². The van der Waals surface area contributed by atoms with Gasteiger partial charge in [-0.25, -0.2) is 4.98 Å². The van der Waals surface area contributed by atoms with Crippen LogP contribution in [0.1, 0.15) is 47.4 Å². The molecule has 1 saturated carbocycles. The van der Waals surface area contributed by atoms with Crippen molar-refractivity contribution in [2.45, 2.75) is 50.9 Å². The number of carbonyl (C=O) groups is 1. The minimum Gasteiger partial charge on any atom is -0.358 e. The standard InChI is InChI=1S/C22H24F3N5O/c1-14-6-7-15(12-26-14)21(31)27-16-8-10-17(11-9-16)29(2)20-5-3-4-19-28-18(13-30(19)20)22(23,24)25/h3-7,12-13,16-17H,8-11H2,1-2H3,(H,27,31). The summed E-state index contributed by atoms with van der Waals surface area (Å²) in [4.78, 5) is 22.3. The lowest BCUT2D eigenvalue weighted by Gasteiger charge is -2.36. The van der Waals surface area contributed by atoms with E-state index in [0.717, 1.165) is 37.6 Å². The lowest BCUT2D eigenvalue weighted by molar-refractivity contribution is -0.140. The highest BCUT2D eigenvalue weighted by molar-refractivity contribution is 5.94. The topological polar surface area (TPSA) is 62.5 Å². The molecule has 9 heteroatoms. The summed E-state index contributed by atoms with van der Waals surface area (Å²) in [6, 6.07) is 8.89. The van der Waals surface area contributed by atoms with Gasteiger partial charge in [-0.1, -0.05) is 6.07 Å². The first-order valence-corrected chi connectivity index (χ1v) is 10.2. The number of nitrogens with one attached hydrogen (secondary N) is 1. The molecule has 31 heavy (non-hydrogen) atoms. The van der Waals surface area contributed by atoms with Crippen molar-refractivity contribution >= 4 is 17.4 Å². The van der Waals surface area contributed by atoms with Gasteiger partial charge in [0, 0.05) is 37.2 Å². The van der Waals surface area contributed by atoms with Gasteiger partial charge in [0.15, 0.2) is 5.69 Å². The fraction of sp³-hybridized carbons (Fsp3) is 0.409. The van der Waals surface area contributed by atoms with Crippen molar-refractivity contribution in [1.29, 1.82) is 0 Å². The predicted molar refractivity (Wildman–Crippen MR) is 111 cm³/mol. The number of amides is 1. The van der Waals surface area contributed by atoms with E-state index in [1.165, 1.54) is 4.40 Å². The largest absolute Gasteiger partial charge is 0.434 e.